The molecule has 0 N–H and O–H groups in total. The largest absolute Gasteiger partial charge is 0.309 e. The first-order valence-corrected chi connectivity index (χ1v) is 21.7. The molecule has 0 saturated carbocycles. The summed E-state index contributed by atoms with van der Waals surface area (Å²) in [6.07, 6.45) is 1.64. The molecule has 0 bridgehead atoms. The first kappa shape index (κ1) is 35.9. The van der Waals surface area contributed by atoms with Crippen LogP contribution in [0.15, 0.2) is 219 Å². The molecule has 4 nitrogen and oxygen atoms in total. The molecule has 0 radical (unpaired) electrons. The number of thiophene rings is 1. The molecule has 0 aliphatic rings. The molecule has 3 heterocycles. The average molecular weight is 809 g/mol. The first-order valence-electron chi connectivity index (χ1n) is 20.8. The van der Waals surface area contributed by atoms with E-state index in [4.69, 9.17) is 9.97 Å². The van der Waals surface area contributed by atoms with Gasteiger partial charge in [0.05, 0.1) is 11.0 Å². The lowest BCUT2D eigenvalue weighted by Gasteiger charge is -2.18. The Kier molecular flexibility index (Phi) is 8.65. The summed E-state index contributed by atoms with van der Waals surface area (Å²) in [7, 11) is 0. The van der Waals surface area contributed by atoms with Crippen molar-refractivity contribution in [1.29, 1.82) is 0 Å². The van der Waals surface area contributed by atoms with Crippen molar-refractivity contribution in [2.45, 2.75) is 0 Å². The maximum absolute atomic E-state index is 5.15. The second kappa shape index (κ2) is 14.9. The van der Waals surface area contributed by atoms with Crippen LogP contribution in [0.5, 0.6) is 0 Å². The maximum Gasteiger partial charge on any atom is 0.164 e. The van der Waals surface area contributed by atoms with Crippen molar-refractivity contribution in [2.75, 3.05) is 0 Å². The van der Waals surface area contributed by atoms with Crippen molar-refractivity contribution < 1.29 is 0 Å². The normalized spacial score (nSPS) is 11.5. The van der Waals surface area contributed by atoms with Crippen LogP contribution in [-0.2, 0) is 0 Å². The summed E-state index contributed by atoms with van der Waals surface area (Å²) in [6, 6.07) is 76.0. The van der Waals surface area contributed by atoms with E-state index in [1.54, 1.807) is 6.33 Å². The lowest BCUT2D eigenvalue weighted by molar-refractivity contribution is 1.07. The Balaban J connectivity index is 1.07. The Hall–Kier alpha value is -7.99. The molecule has 0 unspecified atom stereocenters. The summed E-state index contributed by atoms with van der Waals surface area (Å²) in [5.41, 5.74) is 14.5. The van der Waals surface area contributed by atoms with Gasteiger partial charge in [-0.05, 0) is 87.0 Å². The van der Waals surface area contributed by atoms with E-state index in [0.717, 1.165) is 50.2 Å². The highest BCUT2D eigenvalue weighted by molar-refractivity contribution is 7.26. The molecule has 5 heteroatoms. The Bertz CT molecular complexity index is 3560. The van der Waals surface area contributed by atoms with Gasteiger partial charge in [0.2, 0.25) is 0 Å². The van der Waals surface area contributed by atoms with Crippen molar-refractivity contribution in [3.8, 4) is 73.0 Å². The highest BCUT2D eigenvalue weighted by atomic mass is 32.1. The topological polar surface area (TPSA) is 43.6 Å². The molecule has 0 aliphatic heterocycles. The Morgan fingerprint density at radius 1 is 0.339 bits per heavy atom. The summed E-state index contributed by atoms with van der Waals surface area (Å²) >= 11 is 1.85. The maximum atomic E-state index is 5.15. The average Bonchev–Trinajstić information content (AvgIpc) is 3.88. The first-order chi connectivity index (χ1) is 30.7. The van der Waals surface area contributed by atoms with Gasteiger partial charge in [-0.3, -0.25) is 0 Å². The van der Waals surface area contributed by atoms with Gasteiger partial charge in [-0.15, -0.1) is 11.3 Å². The number of fused-ring (bicyclic) bond motifs is 6. The minimum Gasteiger partial charge on any atom is -0.309 e. The van der Waals surface area contributed by atoms with Crippen LogP contribution < -0.4 is 0 Å². The standard InChI is InChI=1S/C57H36N4S/c1-5-16-37(17-6-1)44-25-15-26-45(38-18-7-2-8-19-38)55(44)41-29-30-43(50(32-41)57-59-36-58-56(60-57)39-20-9-3-10-21-39)40-28-31-47-49-34-48-46-24-13-14-27-51(46)61(42-22-11-4-12-23-42)52(48)35-54(49)62-53(47)33-40/h1-36H. The Morgan fingerprint density at radius 2 is 0.952 bits per heavy atom. The van der Waals surface area contributed by atoms with Gasteiger partial charge in [-0.25, -0.2) is 15.0 Å². The molecule has 62 heavy (non-hydrogen) atoms. The van der Waals surface area contributed by atoms with Crippen LogP contribution in [0, 0.1) is 0 Å². The summed E-state index contributed by atoms with van der Waals surface area (Å²) in [4.78, 5) is 14.7. The van der Waals surface area contributed by atoms with E-state index in [-0.39, 0.29) is 0 Å². The van der Waals surface area contributed by atoms with Gasteiger partial charge in [0.15, 0.2) is 11.6 Å². The zero-order chi connectivity index (χ0) is 41.0. The lowest BCUT2D eigenvalue weighted by atomic mass is 9.86. The highest BCUT2D eigenvalue weighted by Gasteiger charge is 2.20. The van der Waals surface area contributed by atoms with Gasteiger partial charge in [0, 0.05) is 47.8 Å². The van der Waals surface area contributed by atoms with Gasteiger partial charge in [-0.1, -0.05) is 170 Å². The van der Waals surface area contributed by atoms with Crippen LogP contribution in [-0.4, -0.2) is 19.5 Å². The quantitative estimate of drug-likeness (QED) is 0.161. The third-order valence-corrected chi connectivity index (χ3v) is 13.1. The molecule has 3 aromatic heterocycles. The number of nitrogens with zero attached hydrogens (tertiary/aromatic N) is 4. The van der Waals surface area contributed by atoms with Gasteiger partial charge >= 0.3 is 0 Å². The minimum absolute atomic E-state index is 0.627. The molecule has 12 rings (SSSR count). The molecule has 0 fully saturated rings. The fourth-order valence-electron chi connectivity index (χ4n) is 9.13. The fraction of sp³-hybridized carbons (Fsp3) is 0. The summed E-state index contributed by atoms with van der Waals surface area (Å²) in [5.74, 6) is 1.27. The lowest BCUT2D eigenvalue weighted by Crippen LogP contribution is -1.98. The van der Waals surface area contributed by atoms with Gasteiger partial charge < -0.3 is 4.57 Å². The minimum atomic E-state index is 0.627. The van der Waals surface area contributed by atoms with Crippen molar-refractivity contribution in [3.63, 3.8) is 0 Å². The number of rotatable bonds is 7. The molecule has 0 saturated heterocycles. The van der Waals surface area contributed by atoms with E-state index >= 15 is 0 Å². The van der Waals surface area contributed by atoms with E-state index < -0.39 is 0 Å². The Labute approximate surface area is 362 Å². The van der Waals surface area contributed by atoms with Crippen LogP contribution in [0.4, 0.5) is 0 Å². The monoisotopic (exact) mass is 808 g/mol. The SMILES string of the molecule is c1ccc(-c2ncnc(-c3cc(-c4c(-c5ccccc5)cccc4-c4ccccc4)ccc3-c3ccc4c(c3)sc3cc5c(cc34)c3ccccc3n5-c3ccccc3)n2)cc1. The molecule has 12 aromatic rings. The van der Waals surface area contributed by atoms with Crippen molar-refractivity contribution in [3.05, 3.63) is 219 Å². The molecule has 9 aromatic carbocycles. The van der Waals surface area contributed by atoms with E-state index in [1.807, 2.05) is 41.7 Å². The summed E-state index contributed by atoms with van der Waals surface area (Å²) in [6.45, 7) is 0. The van der Waals surface area contributed by atoms with Gasteiger partial charge in [-0.2, -0.15) is 0 Å². The molecule has 0 atom stereocenters. The van der Waals surface area contributed by atoms with E-state index in [1.165, 1.54) is 53.1 Å². The molecular formula is C57H36N4S. The smallest absolute Gasteiger partial charge is 0.164 e. The zero-order valence-corrected chi connectivity index (χ0v) is 34.3. The second-order valence-corrected chi connectivity index (χ2v) is 16.7. The highest BCUT2D eigenvalue weighted by Crippen LogP contribution is 2.45. The van der Waals surface area contributed by atoms with E-state index in [2.05, 4.69) is 192 Å². The van der Waals surface area contributed by atoms with E-state index in [9.17, 15) is 0 Å². The third-order valence-electron chi connectivity index (χ3n) is 12.0. The van der Waals surface area contributed by atoms with Crippen LogP contribution in [0.25, 0.3) is 115 Å². The van der Waals surface area contributed by atoms with Crippen molar-refractivity contribution in [2.24, 2.45) is 0 Å². The van der Waals surface area contributed by atoms with Crippen molar-refractivity contribution in [1.82, 2.24) is 19.5 Å². The third kappa shape index (κ3) is 6.09. The van der Waals surface area contributed by atoms with Crippen LogP contribution in [0.3, 0.4) is 0 Å². The second-order valence-electron chi connectivity index (χ2n) is 15.6. The summed E-state index contributed by atoms with van der Waals surface area (Å²) in [5, 5.41) is 5.03. The predicted octanol–water partition coefficient (Wildman–Crippen LogP) is 15.3. The predicted molar refractivity (Wildman–Crippen MR) is 260 cm³/mol. The van der Waals surface area contributed by atoms with Crippen molar-refractivity contribution >= 4 is 53.3 Å². The van der Waals surface area contributed by atoms with Crippen LogP contribution in [0.1, 0.15) is 0 Å². The number of para-hydroxylation sites is 2. The van der Waals surface area contributed by atoms with Gasteiger partial charge in [0.1, 0.15) is 6.33 Å². The number of benzene rings is 9. The molecule has 290 valence electrons. The Morgan fingerprint density at radius 3 is 1.68 bits per heavy atom. The number of aromatic nitrogens is 4. The van der Waals surface area contributed by atoms with Crippen LogP contribution in [0.2, 0.25) is 0 Å². The molecular weight excluding hydrogens is 773 g/mol. The molecule has 0 aliphatic carbocycles. The fourth-order valence-corrected chi connectivity index (χ4v) is 10.3. The summed E-state index contributed by atoms with van der Waals surface area (Å²) < 4.78 is 4.89. The molecule has 0 spiro atoms. The zero-order valence-electron chi connectivity index (χ0n) is 33.5. The van der Waals surface area contributed by atoms with E-state index in [0.29, 0.717) is 11.6 Å². The number of hydrogen-bond acceptors (Lipinski definition) is 4. The number of hydrogen-bond donors (Lipinski definition) is 0. The molecule has 0 amide bonds. The van der Waals surface area contributed by atoms with Gasteiger partial charge in [0.25, 0.3) is 0 Å². The van der Waals surface area contributed by atoms with Crippen LogP contribution >= 0.6 is 11.3 Å².